The highest BCUT2D eigenvalue weighted by Crippen LogP contribution is 2.26. The SMILES string of the molecule is NC(C=O)c1ccc2c(c1)CCCO2. The zero-order chi connectivity index (χ0) is 9.97. The van der Waals surface area contributed by atoms with Gasteiger partial charge in [0.05, 0.1) is 12.6 Å². The molecule has 0 bridgehead atoms. The lowest BCUT2D eigenvalue weighted by Gasteiger charge is -2.18. The molecule has 74 valence electrons. The molecule has 1 atom stereocenters. The minimum Gasteiger partial charge on any atom is -0.493 e. The van der Waals surface area contributed by atoms with Gasteiger partial charge in [0, 0.05) is 0 Å². The average molecular weight is 191 g/mol. The zero-order valence-electron chi connectivity index (χ0n) is 7.90. The summed E-state index contributed by atoms with van der Waals surface area (Å²) in [6.45, 7) is 0.784. The van der Waals surface area contributed by atoms with E-state index in [0.29, 0.717) is 0 Å². The number of hydrogen-bond acceptors (Lipinski definition) is 3. The van der Waals surface area contributed by atoms with Crippen molar-refractivity contribution in [2.75, 3.05) is 6.61 Å². The molecule has 0 saturated carbocycles. The molecule has 3 heteroatoms. The van der Waals surface area contributed by atoms with Crippen molar-refractivity contribution in [2.24, 2.45) is 5.73 Å². The Balaban J connectivity index is 2.33. The summed E-state index contributed by atoms with van der Waals surface area (Å²) in [6, 6.07) is 5.20. The molecule has 1 aromatic rings. The molecular weight excluding hydrogens is 178 g/mol. The maximum atomic E-state index is 10.5. The summed E-state index contributed by atoms with van der Waals surface area (Å²) in [5.41, 5.74) is 7.64. The molecule has 1 aliphatic rings. The standard InChI is InChI=1S/C11H13NO2/c12-10(7-13)8-3-4-11-9(6-8)2-1-5-14-11/h3-4,6-7,10H,1-2,5,12H2. The molecule has 1 aliphatic heterocycles. The molecule has 1 unspecified atom stereocenters. The summed E-state index contributed by atoms with van der Waals surface area (Å²) in [5.74, 6) is 0.929. The number of rotatable bonds is 2. The van der Waals surface area contributed by atoms with Crippen molar-refractivity contribution >= 4 is 6.29 Å². The van der Waals surface area contributed by atoms with Crippen LogP contribution in [0.5, 0.6) is 5.75 Å². The summed E-state index contributed by atoms with van der Waals surface area (Å²) in [7, 11) is 0. The molecule has 3 nitrogen and oxygen atoms in total. The van der Waals surface area contributed by atoms with E-state index in [1.165, 1.54) is 0 Å². The predicted octanol–water partition coefficient (Wildman–Crippen LogP) is 1.21. The number of aryl methyl sites for hydroxylation is 1. The molecule has 0 aliphatic carbocycles. The minimum atomic E-state index is -0.512. The van der Waals surface area contributed by atoms with Crippen LogP contribution in [-0.2, 0) is 11.2 Å². The molecule has 0 saturated heterocycles. The first kappa shape index (κ1) is 9.21. The van der Waals surface area contributed by atoms with Gasteiger partial charge >= 0.3 is 0 Å². The predicted molar refractivity (Wildman–Crippen MR) is 53.3 cm³/mol. The Morgan fingerprint density at radius 1 is 1.50 bits per heavy atom. The summed E-state index contributed by atoms with van der Waals surface area (Å²) in [4.78, 5) is 10.5. The second-order valence-corrected chi connectivity index (χ2v) is 3.48. The van der Waals surface area contributed by atoms with E-state index in [1.807, 2.05) is 18.2 Å². The van der Waals surface area contributed by atoms with Crippen LogP contribution >= 0.6 is 0 Å². The number of ether oxygens (including phenoxy) is 1. The van der Waals surface area contributed by atoms with E-state index in [1.54, 1.807) is 0 Å². The van der Waals surface area contributed by atoms with Crippen LogP contribution in [0.25, 0.3) is 0 Å². The van der Waals surface area contributed by atoms with Crippen molar-refractivity contribution in [3.05, 3.63) is 29.3 Å². The normalized spacial score (nSPS) is 16.6. The number of nitrogens with two attached hydrogens (primary N) is 1. The summed E-state index contributed by atoms with van der Waals surface area (Å²) in [5, 5.41) is 0. The first-order chi connectivity index (χ1) is 6.81. The van der Waals surface area contributed by atoms with Crippen LogP contribution in [0.4, 0.5) is 0 Å². The lowest BCUT2D eigenvalue weighted by molar-refractivity contribution is -0.109. The second kappa shape index (κ2) is 3.80. The Hall–Kier alpha value is -1.35. The fraction of sp³-hybridized carbons (Fsp3) is 0.364. The van der Waals surface area contributed by atoms with E-state index in [9.17, 15) is 4.79 Å². The van der Waals surface area contributed by atoms with Gasteiger partial charge in [-0.15, -0.1) is 0 Å². The van der Waals surface area contributed by atoms with Crippen LogP contribution in [0.2, 0.25) is 0 Å². The summed E-state index contributed by atoms with van der Waals surface area (Å²) >= 11 is 0. The van der Waals surface area contributed by atoms with E-state index in [-0.39, 0.29) is 0 Å². The molecule has 1 heterocycles. The quantitative estimate of drug-likeness (QED) is 0.715. The molecular formula is C11H13NO2. The van der Waals surface area contributed by atoms with Crippen LogP contribution in [0.15, 0.2) is 18.2 Å². The number of carbonyl (C=O) groups excluding carboxylic acids is 1. The van der Waals surface area contributed by atoms with Gasteiger partial charge < -0.3 is 15.3 Å². The van der Waals surface area contributed by atoms with Gasteiger partial charge in [-0.2, -0.15) is 0 Å². The van der Waals surface area contributed by atoms with E-state index in [2.05, 4.69) is 0 Å². The lowest BCUT2D eigenvalue weighted by Crippen LogP contribution is -2.13. The van der Waals surface area contributed by atoms with Gasteiger partial charge in [-0.1, -0.05) is 12.1 Å². The van der Waals surface area contributed by atoms with Gasteiger partial charge in [0.25, 0.3) is 0 Å². The maximum absolute atomic E-state index is 10.5. The van der Waals surface area contributed by atoms with Crippen molar-refractivity contribution < 1.29 is 9.53 Å². The Morgan fingerprint density at radius 2 is 2.36 bits per heavy atom. The van der Waals surface area contributed by atoms with Crippen molar-refractivity contribution in [3.8, 4) is 5.75 Å². The number of benzene rings is 1. The molecule has 0 spiro atoms. The molecule has 2 N–H and O–H groups in total. The van der Waals surface area contributed by atoms with Gasteiger partial charge in [0.2, 0.25) is 0 Å². The van der Waals surface area contributed by atoms with Gasteiger partial charge in [-0.25, -0.2) is 0 Å². The summed E-state index contributed by atoms with van der Waals surface area (Å²) < 4.78 is 5.46. The van der Waals surface area contributed by atoms with Crippen molar-refractivity contribution in [1.29, 1.82) is 0 Å². The molecule has 0 fully saturated rings. The number of fused-ring (bicyclic) bond motifs is 1. The molecule has 0 amide bonds. The van der Waals surface area contributed by atoms with E-state index in [0.717, 1.165) is 42.6 Å². The van der Waals surface area contributed by atoms with Gasteiger partial charge in [-0.05, 0) is 30.0 Å². The van der Waals surface area contributed by atoms with Crippen LogP contribution in [-0.4, -0.2) is 12.9 Å². The van der Waals surface area contributed by atoms with Crippen molar-refractivity contribution in [2.45, 2.75) is 18.9 Å². The van der Waals surface area contributed by atoms with Crippen LogP contribution in [0.1, 0.15) is 23.6 Å². The molecule has 2 rings (SSSR count). The molecule has 0 aromatic heterocycles. The zero-order valence-corrected chi connectivity index (χ0v) is 7.90. The molecule has 1 aromatic carbocycles. The van der Waals surface area contributed by atoms with E-state index < -0.39 is 6.04 Å². The Kier molecular flexibility index (Phi) is 2.50. The van der Waals surface area contributed by atoms with Crippen molar-refractivity contribution in [1.82, 2.24) is 0 Å². The van der Waals surface area contributed by atoms with Gasteiger partial charge in [0.15, 0.2) is 0 Å². The van der Waals surface area contributed by atoms with Crippen LogP contribution < -0.4 is 10.5 Å². The van der Waals surface area contributed by atoms with E-state index >= 15 is 0 Å². The third kappa shape index (κ3) is 1.63. The van der Waals surface area contributed by atoms with Crippen LogP contribution in [0, 0.1) is 0 Å². The third-order valence-corrected chi connectivity index (χ3v) is 2.46. The Morgan fingerprint density at radius 3 is 3.14 bits per heavy atom. The highest BCUT2D eigenvalue weighted by Gasteiger charge is 2.12. The highest BCUT2D eigenvalue weighted by atomic mass is 16.5. The van der Waals surface area contributed by atoms with Crippen molar-refractivity contribution in [3.63, 3.8) is 0 Å². The first-order valence-electron chi connectivity index (χ1n) is 4.78. The monoisotopic (exact) mass is 191 g/mol. The average Bonchev–Trinajstić information content (AvgIpc) is 2.27. The number of carbonyl (C=O) groups is 1. The fourth-order valence-corrected chi connectivity index (χ4v) is 1.67. The highest BCUT2D eigenvalue weighted by molar-refractivity contribution is 5.61. The second-order valence-electron chi connectivity index (χ2n) is 3.48. The Bertz CT molecular complexity index is 349. The largest absolute Gasteiger partial charge is 0.493 e. The third-order valence-electron chi connectivity index (χ3n) is 2.46. The topological polar surface area (TPSA) is 52.3 Å². The van der Waals surface area contributed by atoms with Gasteiger partial charge in [0.1, 0.15) is 12.0 Å². The van der Waals surface area contributed by atoms with E-state index in [4.69, 9.17) is 10.5 Å². The lowest BCUT2D eigenvalue weighted by atomic mass is 10.0. The van der Waals surface area contributed by atoms with Crippen LogP contribution in [0.3, 0.4) is 0 Å². The molecule has 0 radical (unpaired) electrons. The fourth-order valence-electron chi connectivity index (χ4n) is 1.67. The number of hydrogen-bond donors (Lipinski definition) is 1. The number of aldehydes is 1. The smallest absolute Gasteiger partial charge is 0.141 e. The first-order valence-corrected chi connectivity index (χ1v) is 4.78. The Labute approximate surface area is 82.9 Å². The maximum Gasteiger partial charge on any atom is 0.141 e. The summed E-state index contributed by atoms with van der Waals surface area (Å²) in [6.07, 6.45) is 2.80. The molecule has 14 heavy (non-hydrogen) atoms. The van der Waals surface area contributed by atoms with Gasteiger partial charge in [-0.3, -0.25) is 0 Å². The minimum absolute atomic E-state index is 0.512.